The zero-order valence-corrected chi connectivity index (χ0v) is 29.2. The second-order valence-electron chi connectivity index (χ2n) is 12.8. The highest BCUT2D eigenvalue weighted by Gasteiger charge is 2.32. The zero-order valence-electron chi connectivity index (χ0n) is 29.2. The number of rotatable bonds is 7. The Morgan fingerprint density at radius 1 is 0.961 bits per heavy atom. The smallest absolute Gasteiger partial charge is 0.416 e. The van der Waals surface area contributed by atoms with E-state index in [1.54, 1.807) is 56.4 Å². The van der Waals surface area contributed by atoms with E-state index < -0.39 is 41.9 Å². The third kappa shape index (κ3) is 11.3. The van der Waals surface area contributed by atoms with Gasteiger partial charge in [-0.3, -0.25) is 4.79 Å². The number of fused-ring (bicyclic) bond motifs is 1. The summed E-state index contributed by atoms with van der Waals surface area (Å²) in [5, 5.41) is 18.3. The molecule has 0 unspecified atom stereocenters. The van der Waals surface area contributed by atoms with E-state index in [9.17, 15) is 32.7 Å². The largest absolute Gasteiger partial charge is 0.490 e. The molecular formula is C37H46F3N5O6. The van der Waals surface area contributed by atoms with Gasteiger partial charge in [0, 0.05) is 49.7 Å². The number of benzene rings is 3. The van der Waals surface area contributed by atoms with E-state index in [4.69, 9.17) is 9.47 Å². The summed E-state index contributed by atoms with van der Waals surface area (Å²) in [4.78, 5) is 43.1. The number of nitrogens with zero attached hydrogens (tertiary/aromatic N) is 2. The first-order chi connectivity index (χ1) is 24.2. The van der Waals surface area contributed by atoms with Crippen LogP contribution in [0.4, 0.5) is 39.8 Å². The Kier molecular flexibility index (Phi) is 13.7. The van der Waals surface area contributed by atoms with Crippen LogP contribution >= 0.6 is 0 Å². The Hall–Kier alpha value is -4.82. The van der Waals surface area contributed by atoms with Gasteiger partial charge in [0.25, 0.3) is 5.91 Å². The number of carbonyl (C=O) groups excluding carboxylic acids is 3. The molecule has 51 heavy (non-hydrogen) atoms. The predicted octanol–water partition coefficient (Wildman–Crippen LogP) is 7.31. The molecule has 276 valence electrons. The second-order valence-corrected chi connectivity index (χ2v) is 12.8. The number of aliphatic hydroxyl groups excluding tert-OH is 1. The summed E-state index contributed by atoms with van der Waals surface area (Å²) >= 11 is 0. The van der Waals surface area contributed by atoms with Crippen molar-refractivity contribution >= 4 is 35.0 Å². The molecule has 1 heterocycles. The number of nitrogens with one attached hydrogen (secondary N) is 3. The number of urea groups is 2. The van der Waals surface area contributed by atoms with E-state index in [2.05, 4.69) is 16.0 Å². The van der Waals surface area contributed by atoms with Gasteiger partial charge in [0.2, 0.25) is 0 Å². The predicted molar refractivity (Wildman–Crippen MR) is 189 cm³/mol. The van der Waals surface area contributed by atoms with Gasteiger partial charge in [0.15, 0.2) is 0 Å². The molecule has 0 fully saturated rings. The number of likely N-dealkylation sites (N-methyl/N-ethyl adjacent to an activating group) is 1. The van der Waals surface area contributed by atoms with Crippen molar-refractivity contribution in [2.45, 2.75) is 64.5 Å². The molecule has 5 amide bonds. The van der Waals surface area contributed by atoms with Gasteiger partial charge in [-0.2, -0.15) is 13.2 Å². The van der Waals surface area contributed by atoms with Crippen LogP contribution in [-0.2, 0) is 10.9 Å². The molecule has 4 rings (SSSR count). The summed E-state index contributed by atoms with van der Waals surface area (Å²) in [6.07, 6.45) is -3.14. The third-order valence-corrected chi connectivity index (χ3v) is 8.61. The molecule has 11 nitrogen and oxygen atoms in total. The van der Waals surface area contributed by atoms with Gasteiger partial charge in [-0.05, 0) is 87.7 Å². The monoisotopic (exact) mass is 713 g/mol. The lowest BCUT2D eigenvalue weighted by molar-refractivity contribution is -0.137. The first-order valence-electron chi connectivity index (χ1n) is 16.9. The number of amides is 5. The summed E-state index contributed by atoms with van der Waals surface area (Å²) in [5.74, 6) is -0.427. The number of ether oxygens (including phenoxy) is 2. The number of alkyl halides is 3. The van der Waals surface area contributed by atoms with Crippen LogP contribution in [0.5, 0.6) is 5.75 Å². The van der Waals surface area contributed by atoms with Crippen molar-refractivity contribution in [3.8, 4) is 5.75 Å². The number of carbonyl (C=O) groups is 3. The van der Waals surface area contributed by atoms with Crippen LogP contribution < -0.4 is 20.7 Å². The van der Waals surface area contributed by atoms with Crippen LogP contribution in [0, 0.1) is 5.92 Å². The molecule has 3 aromatic rings. The molecule has 1 aliphatic heterocycles. The molecule has 0 spiro atoms. The van der Waals surface area contributed by atoms with Gasteiger partial charge < -0.3 is 40.3 Å². The van der Waals surface area contributed by atoms with Gasteiger partial charge in [0.05, 0.1) is 36.0 Å². The van der Waals surface area contributed by atoms with E-state index in [0.717, 1.165) is 18.6 Å². The topological polar surface area (TPSA) is 132 Å². The molecule has 0 aliphatic carbocycles. The van der Waals surface area contributed by atoms with Crippen molar-refractivity contribution < 1.29 is 42.1 Å². The van der Waals surface area contributed by atoms with Crippen LogP contribution in [0.2, 0.25) is 0 Å². The molecule has 0 saturated heterocycles. The lowest BCUT2D eigenvalue weighted by atomic mass is 10.0. The summed E-state index contributed by atoms with van der Waals surface area (Å²) < 4.78 is 51.5. The van der Waals surface area contributed by atoms with Crippen molar-refractivity contribution in [3.63, 3.8) is 0 Å². The highest BCUT2D eigenvalue weighted by molar-refractivity contribution is 6.02. The summed E-state index contributed by atoms with van der Waals surface area (Å²) in [5.41, 5.74) is 0.540. The Balaban J connectivity index is 1.55. The molecule has 0 aromatic heterocycles. The molecule has 0 bridgehead atoms. The van der Waals surface area contributed by atoms with Crippen LogP contribution in [0.25, 0.3) is 0 Å². The maximum absolute atomic E-state index is 14.3. The standard InChI is InChI=1S/C37H46F3N5O6/c1-24-21-45(25(2)23-46)34(47)31-20-30(42-35(48)41-28-11-6-5-7-12-28)17-18-32(31)51-26(3)10-8-9-19-50-33(24)22-44(4)36(49)43-29-15-13-27(14-16-29)37(38,39)40/h5-7,11-18,20,24-26,33,46H,8-10,19,21-23H2,1-4H3,(H,43,49)(H2,41,42,48)/t24-,25+,26-,33+/m1/s1. The zero-order chi connectivity index (χ0) is 37.1. The van der Waals surface area contributed by atoms with Gasteiger partial charge in [-0.15, -0.1) is 0 Å². The highest BCUT2D eigenvalue weighted by atomic mass is 19.4. The van der Waals surface area contributed by atoms with E-state index in [1.165, 1.54) is 21.9 Å². The minimum Gasteiger partial charge on any atom is -0.490 e. The van der Waals surface area contributed by atoms with Crippen molar-refractivity contribution in [1.29, 1.82) is 0 Å². The lowest BCUT2D eigenvalue weighted by Gasteiger charge is -2.35. The van der Waals surface area contributed by atoms with E-state index in [-0.39, 0.29) is 43.0 Å². The van der Waals surface area contributed by atoms with Gasteiger partial charge >= 0.3 is 18.2 Å². The normalized spacial score (nSPS) is 19.5. The fourth-order valence-electron chi connectivity index (χ4n) is 5.59. The molecular weight excluding hydrogens is 667 g/mol. The summed E-state index contributed by atoms with van der Waals surface area (Å²) in [6, 6.07) is 16.3. The average molecular weight is 714 g/mol. The van der Waals surface area contributed by atoms with Gasteiger partial charge in [0.1, 0.15) is 5.75 Å². The van der Waals surface area contributed by atoms with Crippen LogP contribution in [-0.4, -0.2) is 84.5 Å². The van der Waals surface area contributed by atoms with Crippen LogP contribution in [0.15, 0.2) is 72.8 Å². The number of anilines is 3. The van der Waals surface area contributed by atoms with Crippen molar-refractivity contribution in [1.82, 2.24) is 9.80 Å². The maximum Gasteiger partial charge on any atom is 0.416 e. The van der Waals surface area contributed by atoms with E-state index >= 15 is 0 Å². The average Bonchev–Trinajstić information content (AvgIpc) is 3.09. The Morgan fingerprint density at radius 3 is 2.27 bits per heavy atom. The minimum atomic E-state index is -4.49. The SMILES string of the molecule is C[C@@H]1CCCCO[C@@H](CN(C)C(=O)Nc2ccc(C(F)(F)F)cc2)[C@H](C)CN([C@@H](C)CO)C(=O)c2cc(NC(=O)Nc3ccccc3)ccc2O1. The third-order valence-electron chi connectivity index (χ3n) is 8.61. The molecule has 0 radical (unpaired) electrons. The Morgan fingerprint density at radius 2 is 1.61 bits per heavy atom. The summed E-state index contributed by atoms with van der Waals surface area (Å²) in [7, 11) is 1.55. The highest BCUT2D eigenvalue weighted by Crippen LogP contribution is 2.31. The maximum atomic E-state index is 14.3. The quantitative estimate of drug-likeness (QED) is 0.203. The number of hydrogen-bond donors (Lipinski definition) is 4. The molecule has 4 N–H and O–H groups in total. The Bertz CT molecular complexity index is 1610. The van der Waals surface area contributed by atoms with Gasteiger partial charge in [-0.1, -0.05) is 25.1 Å². The molecule has 1 aliphatic rings. The molecule has 0 saturated carbocycles. The fourth-order valence-corrected chi connectivity index (χ4v) is 5.59. The van der Waals surface area contributed by atoms with E-state index in [0.29, 0.717) is 36.6 Å². The van der Waals surface area contributed by atoms with Crippen molar-refractivity contribution in [2.75, 3.05) is 49.3 Å². The minimum absolute atomic E-state index is 0.115. The summed E-state index contributed by atoms with van der Waals surface area (Å²) in [6.45, 7) is 5.81. The lowest BCUT2D eigenvalue weighted by Crippen LogP contribution is -2.48. The Labute approximate surface area is 296 Å². The fraction of sp³-hybridized carbons (Fsp3) is 0.432. The first kappa shape index (κ1) is 39.0. The molecule has 14 heteroatoms. The number of hydrogen-bond acceptors (Lipinski definition) is 6. The van der Waals surface area contributed by atoms with Crippen molar-refractivity contribution in [2.24, 2.45) is 5.92 Å². The molecule has 4 atom stereocenters. The number of halogens is 3. The van der Waals surface area contributed by atoms with Gasteiger partial charge in [-0.25, -0.2) is 9.59 Å². The second kappa shape index (κ2) is 17.9. The van der Waals surface area contributed by atoms with Crippen molar-refractivity contribution in [3.05, 3.63) is 83.9 Å². The van der Waals surface area contributed by atoms with Crippen LogP contribution in [0.1, 0.15) is 56.0 Å². The van der Waals surface area contributed by atoms with E-state index in [1.807, 2.05) is 19.9 Å². The number of para-hydroxylation sites is 1. The number of aliphatic hydroxyl groups is 1. The van der Waals surface area contributed by atoms with Crippen LogP contribution in [0.3, 0.4) is 0 Å². The first-order valence-corrected chi connectivity index (χ1v) is 16.9. The molecule has 3 aromatic carbocycles.